The molecule has 2 aromatic carbocycles. The van der Waals surface area contributed by atoms with E-state index in [1.165, 1.54) is 0 Å². The number of nitrogens with zero attached hydrogens (tertiary/aromatic N) is 1. The summed E-state index contributed by atoms with van der Waals surface area (Å²) in [4.78, 5) is 23.8. The molecule has 0 saturated heterocycles. The number of carbonyl (C=O) groups excluding carboxylic acids is 1. The number of nitro groups is 1. The Bertz CT molecular complexity index is 786. The minimum atomic E-state index is -0.860. The monoisotopic (exact) mass is 349 g/mol. The molecular weight excluding hydrogens is 326 g/mol. The van der Waals surface area contributed by atoms with Crippen molar-refractivity contribution in [2.75, 3.05) is 0 Å². The van der Waals surface area contributed by atoms with Gasteiger partial charge in [-0.1, -0.05) is 80.1 Å². The van der Waals surface area contributed by atoms with Gasteiger partial charge >= 0.3 is 0 Å². The van der Waals surface area contributed by atoms with Gasteiger partial charge < -0.3 is 0 Å². The molecule has 0 spiro atoms. The van der Waals surface area contributed by atoms with Crippen molar-refractivity contribution in [2.24, 2.45) is 5.92 Å². The summed E-state index contributed by atoms with van der Waals surface area (Å²) in [5, 5.41) is 12.2. The highest BCUT2D eigenvalue weighted by Crippen LogP contribution is 2.46. The summed E-state index contributed by atoms with van der Waals surface area (Å²) in [7, 11) is 0. The van der Waals surface area contributed by atoms with Crippen molar-refractivity contribution in [1.29, 1.82) is 0 Å². The highest BCUT2D eigenvalue weighted by molar-refractivity contribution is 5.77. The summed E-state index contributed by atoms with van der Waals surface area (Å²) in [6.07, 6.45) is 4.52. The predicted molar refractivity (Wildman–Crippen MR) is 102 cm³/mol. The Morgan fingerprint density at radius 3 is 2.08 bits per heavy atom. The fraction of sp³-hybridized carbons (Fsp3) is 0.318. The number of hydrogen-bond donors (Lipinski definition) is 0. The van der Waals surface area contributed by atoms with Gasteiger partial charge in [-0.15, -0.1) is 0 Å². The van der Waals surface area contributed by atoms with Gasteiger partial charge in [-0.25, -0.2) is 0 Å². The van der Waals surface area contributed by atoms with Crippen LogP contribution in [0.2, 0.25) is 0 Å². The van der Waals surface area contributed by atoms with Gasteiger partial charge in [0, 0.05) is 10.5 Å². The van der Waals surface area contributed by atoms with E-state index in [2.05, 4.69) is 6.92 Å². The lowest BCUT2D eigenvalue weighted by Gasteiger charge is -2.37. The first-order valence-corrected chi connectivity index (χ1v) is 9.07. The van der Waals surface area contributed by atoms with Crippen molar-refractivity contribution in [3.8, 4) is 0 Å². The molecule has 4 heteroatoms. The minimum absolute atomic E-state index is 0.0158. The summed E-state index contributed by atoms with van der Waals surface area (Å²) in [6.45, 7) is 2.07. The first-order chi connectivity index (χ1) is 12.7. The summed E-state index contributed by atoms with van der Waals surface area (Å²) in [5.74, 6) is -0.792. The molecule has 0 aliphatic heterocycles. The quantitative estimate of drug-likeness (QED) is 0.429. The van der Waals surface area contributed by atoms with E-state index in [9.17, 15) is 14.9 Å². The smallest absolute Gasteiger partial charge is 0.231 e. The van der Waals surface area contributed by atoms with Crippen LogP contribution < -0.4 is 0 Å². The maximum absolute atomic E-state index is 12.2. The number of hydrogen-bond acceptors (Lipinski definition) is 3. The molecule has 1 aliphatic carbocycles. The van der Waals surface area contributed by atoms with Crippen LogP contribution in [0.25, 0.3) is 0 Å². The van der Waals surface area contributed by atoms with Crippen LogP contribution in [-0.4, -0.2) is 17.3 Å². The standard InChI is InChI=1S/C22H23NO3/c1-2-9-18-14-19(15-24)21(17-12-7-4-8-13-17)22(23(25)26)20(18)16-10-5-3-6-11-16/h3-8,10-15,18,20-22H,2,9H2,1H3/t18-,20+,21+,22+/m0/s1. The molecule has 0 heterocycles. The van der Waals surface area contributed by atoms with Crippen molar-refractivity contribution in [3.05, 3.63) is 93.6 Å². The zero-order valence-corrected chi connectivity index (χ0v) is 14.8. The van der Waals surface area contributed by atoms with Crippen LogP contribution in [0.15, 0.2) is 72.3 Å². The van der Waals surface area contributed by atoms with Gasteiger partial charge in [0.2, 0.25) is 6.04 Å². The van der Waals surface area contributed by atoms with Crippen LogP contribution in [0.4, 0.5) is 0 Å². The number of allylic oxidation sites excluding steroid dienone is 1. The molecule has 0 amide bonds. The molecule has 0 bridgehead atoms. The Kier molecular flexibility index (Phi) is 5.61. The van der Waals surface area contributed by atoms with Gasteiger partial charge in [-0.3, -0.25) is 14.9 Å². The lowest BCUT2D eigenvalue weighted by atomic mass is 9.66. The normalized spacial score (nSPS) is 25.3. The first kappa shape index (κ1) is 18.1. The molecule has 0 unspecified atom stereocenters. The molecule has 0 radical (unpaired) electrons. The van der Waals surface area contributed by atoms with Crippen LogP contribution in [0.5, 0.6) is 0 Å². The average Bonchev–Trinajstić information content (AvgIpc) is 2.68. The zero-order valence-electron chi connectivity index (χ0n) is 14.8. The molecule has 4 nitrogen and oxygen atoms in total. The summed E-state index contributed by atoms with van der Waals surface area (Å²) in [5.41, 5.74) is 2.32. The average molecular weight is 349 g/mol. The number of benzene rings is 2. The lowest BCUT2D eigenvalue weighted by molar-refractivity contribution is -0.531. The number of aldehydes is 1. The Hall–Kier alpha value is -2.75. The highest BCUT2D eigenvalue weighted by Gasteiger charge is 2.48. The molecule has 26 heavy (non-hydrogen) atoms. The zero-order chi connectivity index (χ0) is 18.5. The van der Waals surface area contributed by atoms with Crippen molar-refractivity contribution in [2.45, 2.75) is 37.6 Å². The van der Waals surface area contributed by atoms with Crippen LogP contribution in [0.1, 0.15) is 42.7 Å². The predicted octanol–water partition coefficient (Wildman–Crippen LogP) is 4.75. The molecule has 1 aliphatic rings. The summed E-state index contributed by atoms with van der Waals surface area (Å²) >= 11 is 0. The van der Waals surface area contributed by atoms with Crippen LogP contribution in [-0.2, 0) is 4.79 Å². The van der Waals surface area contributed by atoms with Crippen LogP contribution >= 0.6 is 0 Å². The van der Waals surface area contributed by atoms with Gasteiger partial charge in [0.05, 0.1) is 11.8 Å². The summed E-state index contributed by atoms with van der Waals surface area (Å²) in [6, 6.07) is 18.2. The van der Waals surface area contributed by atoms with Crippen molar-refractivity contribution in [1.82, 2.24) is 0 Å². The number of rotatable bonds is 6. The van der Waals surface area contributed by atoms with Crippen LogP contribution in [0, 0.1) is 16.0 Å². The highest BCUT2D eigenvalue weighted by atomic mass is 16.6. The van der Waals surface area contributed by atoms with E-state index in [4.69, 9.17) is 0 Å². The Labute approximate surface area is 153 Å². The van der Waals surface area contributed by atoms with Crippen molar-refractivity contribution < 1.29 is 9.72 Å². The van der Waals surface area contributed by atoms with Gasteiger partial charge in [0.25, 0.3) is 0 Å². The molecular formula is C22H23NO3. The third-order valence-corrected chi connectivity index (χ3v) is 5.28. The maximum atomic E-state index is 12.2. The van der Waals surface area contributed by atoms with Crippen LogP contribution in [0.3, 0.4) is 0 Å². The fourth-order valence-corrected chi connectivity index (χ4v) is 4.24. The Morgan fingerprint density at radius 1 is 1.00 bits per heavy atom. The van der Waals surface area contributed by atoms with E-state index < -0.39 is 12.0 Å². The third kappa shape index (κ3) is 3.45. The molecule has 0 fully saturated rings. The van der Waals surface area contributed by atoms with E-state index in [1.807, 2.05) is 66.7 Å². The van der Waals surface area contributed by atoms with E-state index in [-0.39, 0.29) is 16.8 Å². The topological polar surface area (TPSA) is 60.2 Å². The second-order valence-electron chi connectivity index (χ2n) is 6.84. The van der Waals surface area contributed by atoms with E-state index in [0.29, 0.717) is 5.57 Å². The maximum Gasteiger partial charge on any atom is 0.231 e. The minimum Gasteiger partial charge on any atom is -0.298 e. The molecule has 2 aromatic rings. The molecule has 3 rings (SSSR count). The lowest BCUT2D eigenvalue weighted by Crippen LogP contribution is -2.41. The van der Waals surface area contributed by atoms with E-state index in [0.717, 1.165) is 30.3 Å². The van der Waals surface area contributed by atoms with Gasteiger partial charge in [-0.05, 0) is 23.5 Å². The molecule has 4 atom stereocenters. The molecule has 0 aromatic heterocycles. The van der Waals surface area contributed by atoms with E-state index >= 15 is 0 Å². The van der Waals surface area contributed by atoms with Gasteiger partial charge in [-0.2, -0.15) is 0 Å². The second kappa shape index (κ2) is 8.09. The second-order valence-corrected chi connectivity index (χ2v) is 6.84. The largest absolute Gasteiger partial charge is 0.298 e. The SMILES string of the molecule is CCC[C@H]1C=C(C=O)[C@@H](c2ccccc2)[C@H]([N+](=O)[O-])[C@@H]1c1ccccc1. The van der Waals surface area contributed by atoms with E-state index in [1.54, 1.807) is 0 Å². The fourth-order valence-electron chi connectivity index (χ4n) is 4.24. The molecule has 0 saturated carbocycles. The Balaban J connectivity index is 2.18. The third-order valence-electron chi connectivity index (χ3n) is 5.28. The first-order valence-electron chi connectivity index (χ1n) is 9.07. The summed E-state index contributed by atoms with van der Waals surface area (Å²) < 4.78 is 0. The van der Waals surface area contributed by atoms with Gasteiger partial charge in [0.15, 0.2) is 0 Å². The Morgan fingerprint density at radius 2 is 1.58 bits per heavy atom. The van der Waals surface area contributed by atoms with Gasteiger partial charge in [0.1, 0.15) is 6.29 Å². The molecule has 0 N–H and O–H groups in total. The van der Waals surface area contributed by atoms with Crippen molar-refractivity contribution >= 4 is 6.29 Å². The molecule has 134 valence electrons. The van der Waals surface area contributed by atoms with Crippen molar-refractivity contribution in [3.63, 3.8) is 0 Å². The number of carbonyl (C=O) groups is 1.